The Bertz CT molecular complexity index is 291. The molecule has 13 heavy (non-hydrogen) atoms. The van der Waals surface area contributed by atoms with Gasteiger partial charge in [-0.05, 0) is 13.0 Å². The molecule has 0 amide bonds. The molecule has 1 N–H and O–H groups in total. The third-order valence-corrected chi connectivity index (χ3v) is 1.72. The highest BCUT2D eigenvalue weighted by Gasteiger charge is 2.04. The molecular formula is C8H9Cl2FN2. The summed E-state index contributed by atoms with van der Waals surface area (Å²) in [6.07, 6.45) is 1.38. The van der Waals surface area contributed by atoms with E-state index in [0.29, 0.717) is 6.54 Å². The fourth-order valence-electron chi connectivity index (χ4n) is 0.782. The largest absolute Gasteiger partial charge is 0.366 e. The topological polar surface area (TPSA) is 24.9 Å². The Labute approximate surface area is 86.1 Å². The summed E-state index contributed by atoms with van der Waals surface area (Å²) < 4.78 is 13.0. The van der Waals surface area contributed by atoms with E-state index < -0.39 is 5.82 Å². The predicted molar refractivity (Wildman–Crippen MR) is 53.0 cm³/mol. The van der Waals surface area contributed by atoms with Crippen LogP contribution in [0.5, 0.6) is 0 Å². The predicted octanol–water partition coefficient (Wildman–Crippen LogP) is 2.91. The molecule has 0 aliphatic carbocycles. The first-order valence-electron chi connectivity index (χ1n) is 3.78. The van der Waals surface area contributed by atoms with Crippen molar-refractivity contribution in [1.82, 2.24) is 4.98 Å². The Morgan fingerprint density at radius 3 is 2.92 bits per heavy atom. The summed E-state index contributed by atoms with van der Waals surface area (Å²) in [5.41, 5.74) is 0. The number of hydrogen-bond acceptors (Lipinski definition) is 2. The summed E-state index contributed by atoms with van der Waals surface area (Å²) >= 11 is 11.2. The van der Waals surface area contributed by atoms with Crippen LogP contribution in [-0.2, 0) is 0 Å². The number of alkyl halides is 1. The van der Waals surface area contributed by atoms with Crippen LogP contribution in [0.3, 0.4) is 0 Å². The molecule has 1 aromatic heterocycles. The molecule has 1 unspecified atom stereocenters. The Kier molecular flexibility index (Phi) is 3.75. The van der Waals surface area contributed by atoms with Crippen molar-refractivity contribution < 1.29 is 4.39 Å². The Morgan fingerprint density at radius 2 is 2.38 bits per heavy atom. The monoisotopic (exact) mass is 222 g/mol. The van der Waals surface area contributed by atoms with Gasteiger partial charge in [0.2, 0.25) is 0 Å². The molecule has 0 aliphatic heterocycles. The van der Waals surface area contributed by atoms with Gasteiger partial charge in [-0.3, -0.25) is 0 Å². The lowest BCUT2D eigenvalue weighted by atomic mass is 10.4. The summed E-state index contributed by atoms with van der Waals surface area (Å²) in [5.74, 6) is -0.290. The zero-order valence-corrected chi connectivity index (χ0v) is 8.53. The van der Waals surface area contributed by atoms with Crippen LogP contribution in [0.25, 0.3) is 0 Å². The normalized spacial score (nSPS) is 12.6. The first-order valence-corrected chi connectivity index (χ1v) is 4.60. The van der Waals surface area contributed by atoms with Crippen LogP contribution in [0.1, 0.15) is 6.92 Å². The third kappa shape index (κ3) is 3.36. The second-order valence-corrected chi connectivity index (χ2v) is 3.83. The number of hydrogen-bond donors (Lipinski definition) is 1. The molecule has 0 spiro atoms. The average molecular weight is 223 g/mol. The van der Waals surface area contributed by atoms with Gasteiger partial charge in [-0.2, -0.15) is 0 Å². The SMILES string of the molecule is CC(Cl)CNc1ncc(Cl)cc1F. The van der Waals surface area contributed by atoms with Crippen molar-refractivity contribution in [1.29, 1.82) is 0 Å². The number of halogens is 3. The first-order chi connectivity index (χ1) is 6.09. The fraction of sp³-hybridized carbons (Fsp3) is 0.375. The highest BCUT2D eigenvalue weighted by molar-refractivity contribution is 6.30. The van der Waals surface area contributed by atoms with Gasteiger partial charge in [0.15, 0.2) is 11.6 Å². The lowest BCUT2D eigenvalue weighted by molar-refractivity contribution is 0.624. The molecular weight excluding hydrogens is 214 g/mol. The molecule has 1 aromatic rings. The average Bonchev–Trinajstić information content (AvgIpc) is 2.02. The van der Waals surface area contributed by atoms with E-state index in [1.54, 1.807) is 0 Å². The van der Waals surface area contributed by atoms with Gasteiger partial charge in [0.1, 0.15) is 0 Å². The van der Waals surface area contributed by atoms with Gasteiger partial charge in [-0.15, -0.1) is 11.6 Å². The molecule has 1 rings (SSSR count). The minimum Gasteiger partial charge on any atom is -0.366 e. The maximum Gasteiger partial charge on any atom is 0.166 e. The summed E-state index contributed by atoms with van der Waals surface area (Å²) in [6, 6.07) is 1.20. The fourth-order valence-corrected chi connectivity index (χ4v) is 1.00. The van der Waals surface area contributed by atoms with Crippen LogP contribution in [-0.4, -0.2) is 16.9 Å². The number of anilines is 1. The molecule has 5 heteroatoms. The van der Waals surface area contributed by atoms with Gasteiger partial charge in [-0.1, -0.05) is 11.6 Å². The van der Waals surface area contributed by atoms with E-state index >= 15 is 0 Å². The van der Waals surface area contributed by atoms with E-state index in [9.17, 15) is 4.39 Å². The number of pyridine rings is 1. The van der Waals surface area contributed by atoms with Gasteiger partial charge in [0.25, 0.3) is 0 Å². The third-order valence-electron chi connectivity index (χ3n) is 1.36. The summed E-state index contributed by atoms with van der Waals surface area (Å²) in [6.45, 7) is 2.27. The molecule has 1 atom stereocenters. The molecule has 72 valence electrons. The smallest absolute Gasteiger partial charge is 0.166 e. The lowest BCUT2D eigenvalue weighted by Gasteiger charge is -2.07. The molecule has 1 heterocycles. The highest BCUT2D eigenvalue weighted by Crippen LogP contribution is 2.15. The zero-order chi connectivity index (χ0) is 9.84. The lowest BCUT2D eigenvalue weighted by Crippen LogP contribution is -2.12. The summed E-state index contributed by atoms with van der Waals surface area (Å²) in [7, 11) is 0. The number of nitrogens with one attached hydrogen (secondary N) is 1. The quantitative estimate of drug-likeness (QED) is 0.797. The van der Waals surface area contributed by atoms with Crippen LogP contribution in [0, 0.1) is 5.82 Å². The number of rotatable bonds is 3. The zero-order valence-electron chi connectivity index (χ0n) is 7.02. The van der Waals surface area contributed by atoms with E-state index in [4.69, 9.17) is 23.2 Å². The van der Waals surface area contributed by atoms with Crippen molar-refractivity contribution in [2.75, 3.05) is 11.9 Å². The Morgan fingerprint density at radius 1 is 1.69 bits per heavy atom. The molecule has 0 saturated heterocycles. The standard InChI is InChI=1S/C8H9Cl2FN2/c1-5(9)3-12-8-7(11)2-6(10)4-13-8/h2,4-5H,3H2,1H3,(H,12,13). The van der Waals surface area contributed by atoms with Crippen molar-refractivity contribution in [3.63, 3.8) is 0 Å². The van der Waals surface area contributed by atoms with Crippen LogP contribution >= 0.6 is 23.2 Å². The van der Waals surface area contributed by atoms with E-state index in [2.05, 4.69) is 10.3 Å². The minimum atomic E-state index is -0.468. The van der Waals surface area contributed by atoms with Gasteiger partial charge in [0, 0.05) is 18.1 Å². The van der Waals surface area contributed by atoms with Gasteiger partial charge >= 0.3 is 0 Å². The Hall–Kier alpha value is -0.540. The van der Waals surface area contributed by atoms with Crippen molar-refractivity contribution >= 4 is 29.0 Å². The second-order valence-electron chi connectivity index (χ2n) is 2.65. The first kappa shape index (κ1) is 10.5. The summed E-state index contributed by atoms with van der Waals surface area (Å²) in [5, 5.41) is 2.97. The number of aromatic nitrogens is 1. The minimum absolute atomic E-state index is 0.0723. The molecule has 0 radical (unpaired) electrons. The van der Waals surface area contributed by atoms with Crippen LogP contribution in [0.15, 0.2) is 12.3 Å². The van der Waals surface area contributed by atoms with Crippen molar-refractivity contribution in [2.24, 2.45) is 0 Å². The van der Waals surface area contributed by atoms with E-state index in [0.717, 1.165) is 0 Å². The van der Waals surface area contributed by atoms with Crippen LogP contribution in [0.2, 0.25) is 5.02 Å². The maximum atomic E-state index is 13.0. The van der Waals surface area contributed by atoms with Crippen LogP contribution in [0.4, 0.5) is 10.2 Å². The molecule has 2 nitrogen and oxygen atoms in total. The summed E-state index contributed by atoms with van der Waals surface area (Å²) in [4.78, 5) is 3.77. The molecule has 0 fully saturated rings. The van der Waals surface area contributed by atoms with E-state index in [-0.39, 0.29) is 16.2 Å². The van der Waals surface area contributed by atoms with E-state index in [1.807, 2.05) is 6.92 Å². The number of nitrogens with zero attached hydrogens (tertiary/aromatic N) is 1. The highest BCUT2D eigenvalue weighted by atomic mass is 35.5. The van der Waals surface area contributed by atoms with Crippen molar-refractivity contribution in [3.05, 3.63) is 23.1 Å². The molecule has 0 aliphatic rings. The maximum absolute atomic E-state index is 13.0. The molecule has 0 saturated carbocycles. The van der Waals surface area contributed by atoms with Gasteiger partial charge < -0.3 is 5.32 Å². The van der Waals surface area contributed by atoms with Crippen LogP contribution < -0.4 is 5.32 Å². The van der Waals surface area contributed by atoms with Crippen molar-refractivity contribution in [2.45, 2.75) is 12.3 Å². The van der Waals surface area contributed by atoms with E-state index in [1.165, 1.54) is 12.3 Å². The molecule has 0 bridgehead atoms. The van der Waals surface area contributed by atoms with Gasteiger partial charge in [0.05, 0.1) is 5.02 Å². The van der Waals surface area contributed by atoms with Crippen molar-refractivity contribution in [3.8, 4) is 0 Å². The molecule has 0 aromatic carbocycles. The second kappa shape index (κ2) is 4.63. The van der Waals surface area contributed by atoms with Gasteiger partial charge in [-0.25, -0.2) is 9.37 Å². The Balaban J connectivity index is 2.67.